The highest BCUT2D eigenvalue weighted by atomic mass is 32.1. The van der Waals surface area contributed by atoms with Crippen LogP contribution in [-0.2, 0) is 0 Å². The molecule has 1 aliphatic heterocycles. The van der Waals surface area contributed by atoms with Crippen LogP contribution >= 0.6 is 11.3 Å². The highest BCUT2D eigenvalue weighted by molar-refractivity contribution is 7.15. The van der Waals surface area contributed by atoms with Crippen molar-refractivity contribution in [2.24, 2.45) is 0 Å². The van der Waals surface area contributed by atoms with E-state index < -0.39 is 12.0 Å². The summed E-state index contributed by atoms with van der Waals surface area (Å²) in [6, 6.07) is 6.88. The van der Waals surface area contributed by atoms with E-state index in [9.17, 15) is 13.9 Å². The lowest BCUT2D eigenvalue weighted by atomic mass is 9.90. The van der Waals surface area contributed by atoms with E-state index in [2.05, 4.69) is 25.4 Å². The number of thiazole rings is 1. The molecule has 1 aliphatic carbocycles. The summed E-state index contributed by atoms with van der Waals surface area (Å²) in [7, 11) is 0. The molecule has 0 spiro atoms. The largest absolute Gasteiger partial charge is 0.507 e. The molecule has 1 saturated carbocycles. The van der Waals surface area contributed by atoms with Gasteiger partial charge in [-0.1, -0.05) is 0 Å². The monoisotopic (exact) mass is 443 g/mol. The third kappa shape index (κ3) is 4.12. The molecule has 0 bridgehead atoms. The average Bonchev–Trinajstić information content (AvgIpc) is 3.38. The predicted octanol–water partition coefficient (Wildman–Crippen LogP) is 4.09. The van der Waals surface area contributed by atoms with E-state index in [-0.39, 0.29) is 11.8 Å². The molecule has 2 aliphatic rings. The normalized spacial score (nSPS) is 23.2. The molecular formula is C22H23F2N5OS. The van der Waals surface area contributed by atoms with Crippen LogP contribution in [0.1, 0.15) is 24.3 Å². The summed E-state index contributed by atoms with van der Waals surface area (Å²) < 4.78 is 27.7. The van der Waals surface area contributed by atoms with Crippen molar-refractivity contribution in [2.75, 3.05) is 18.0 Å². The Kier molecular flexibility index (Phi) is 5.31. The highest BCUT2D eigenvalue weighted by Crippen LogP contribution is 2.37. The molecule has 0 amide bonds. The van der Waals surface area contributed by atoms with Crippen LogP contribution < -0.4 is 10.2 Å². The van der Waals surface area contributed by atoms with Crippen molar-refractivity contribution in [1.29, 1.82) is 0 Å². The van der Waals surface area contributed by atoms with Gasteiger partial charge in [0, 0.05) is 42.5 Å². The molecule has 6 nitrogen and oxygen atoms in total. The van der Waals surface area contributed by atoms with Crippen molar-refractivity contribution in [2.45, 2.75) is 44.4 Å². The Morgan fingerprint density at radius 2 is 2.00 bits per heavy atom. The molecule has 5 rings (SSSR count). The summed E-state index contributed by atoms with van der Waals surface area (Å²) in [6.45, 7) is 3.49. The second-order valence-corrected chi connectivity index (χ2v) is 9.47. The molecule has 9 heteroatoms. The van der Waals surface area contributed by atoms with Gasteiger partial charge in [-0.2, -0.15) is 0 Å². The molecule has 1 atom stereocenters. The molecule has 1 aromatic carbocycles. The fourth-order valence-electron chi connectivity index (χ4n) is 4.20. The Morgan fingerprint density at radius 1 is 1.16 bits per heavy atom. The molecule has 0 unspecified atom stereocenters. The van der Waals surface area contributed by atoms with E-state index in [0.717, 1.165) is 30.3 Å². The van der Waals surface area contributed by atoms with Gasteiger partial charge in [-0.15, -0.1) is 21.5 Å². The number of halogens is 2. The quantitative estimate of drug-likeness (QED) is 0.619. The number of hydrogen-bond donors (Lipinski definition) is 2. The number of phenols is 1. The minimum atomic E-state index is -0.658. The van der Waals surface area contributed by atoms with Gasteiger partial charge in [0.05, 0.1) is 15.6 Å². The van der Waals surface area contributed by atoms with Gasteiger partial charge in [0.25, 0.3) is 0 Å². The minimum Gasteiger partial charge on any atom is -0.507 e. The molecule has 3 aromatic rings. The van der Waals surface area contributed by atoms with Gasteiger partial charge in [-0.3, -0.25) is 0 Å². The van der Waals surface area contributed by atoms with Crippen LogP contribution in [0.2, 0.25) is 0 Å². The SMILES string of the molecule is Cc1ncc(-c2cc(O)c(-c3ccc(N4CC[C@H](N[C@H]5C[C@H](F)C5)C4)nn3)cc2F)s1. The Labute approximate surface area is 183 Å². The Hall–Kier alpha value is -2.65. The van der Waals surface area contributed by atoms with E-state index in [4.69, 9.17) is 0 Å². The zero-order chi connectivity index (χ0) is 21.5. The van der Waals surface area contributed by atoms with Gasteiger partial charge in [0.1, 0.15) is 17.7 Å². The maximum atomic E-state index is 14.7. The minimum absolute atomic E-state index is 0.0541. The average molecular weight is 444 g/mol. The number of aromatic nitrogens is 3. The first-order valence-electron chi connectivity index (χ1n) is 10.4. The van der Waals surface area contributed by atoms with Crippen LogP contribution in [0.3, 0.4) is 0 Å². The van der Waals surface area contributed by atoms with Gasteiger partial charge < -0.3 is 15.3 Å². The number of hydrogen-bond acceptors (Lipinski definition) is 7. The standard InChI is InChI=1S/C22H23F2N5OS/c1-12-25-10-21(31-12)16-9-20(30)17(8-18(16)24)19-2-3-22(28-27-19)29-5-4-14(11-29)26-15-6-13(23)7-15/h2-3,8-10,13-15,26,30H,4-7,11H2,1H3/t13-,14-,15-/m0/s1. The van der Waals surface area contributed by atoms with Crippen molar-refractivity contribution in [3.63, 3.8) is 0 Å². The second-order valence-electron chi connectivity index (χ2n) is 8.23. The molecule has 3 heterocycles. The van der Waals surface area contributed by atoms with E-state index in [1.54, 1.807) is 12.3 Å². The predicted molar refractivity (Wildman–Crippen MR) is 117 cm³/mol. The topological polar surface area (TPSA) is 74.2 Å². The lowest BCUT2D eigenvalue weighted by molar-refractivity contribution is 0.148. The van der Waals surface area contributed by atoms with Gasteiger partial charge in [0.15, 0.2) is 5.82 Å². The molecule has 2 fully saturated rings. The first-order valence-corrected chi connectivity index (χ1v) is 11.2. The summed E-state index contributed by atoms with van der Waals surface area (Å²) in [5.74, 6) is 0.241. The van der Waals surface area contributed by atoms with Crippen LogP contribution in [0.15, 0.2) is 30.5 Å². The van der Waals surface area contributed by atoms with Gasteiger partial charge in [-0.25, -0.2) is 13.8 Å². The highest BCUT2D eigenvalue weighted by Gasteiger charge is 2.33. The second kappa shape index (κ2) is 8.12. The van der Waals surface area contributed by atoms with Crippen molar-refractivity contribution >= 4 is 17.2 Å². The molecule has 2 N–H and O–H groups in total. The van der Waals surface area contributed by atoms with E-state index >= 15 is 0 Å². The van der Waals surface area contributed by atoms with Gasteiger partial charge in [0.2, 0.25) is 0 Å². The van der Waals surface area contributed by atoms with Crippen LogP contribution in [0.4, 0.5) is 14.6 Å². The number of rotatable bonds is 5. The van der Waals surface area contributed by atoms with Crippen molar-refractivity contribution < 1.29 is 13.9 Å². The zero-order valence-corrected chi connectivity index (χ0v) is 17.9. The third-order valence-electron chi connectivity index (χ3n) is 5.96. The molecule has 0 radical (unpaired) electrons. The van der Waals surface area contributed by atoms with Crippen LogP contribution in [0.25, 0.3) is 21.7 Å². The number of phenolic OH excluding ortho intramolecular Hbond substituents is 1. The summed E-state index contributed by atoms with van der Waals surface area (Å²) in [6.07, 6.45) is 3.13. The molecule has 2 aromatic heterocycles. The molecule has 1 saturated heterocycles. The number of nitrogens with zero attached hydrogens (tertiary/aromatic N) is 4. The number of benzene rings is 1. The van der Waals surface area contributed by atoms with Gasteiger partial charge in [-0.05, 0) is 50.5 Å². The smallest absolute Gasteiger partial charge is 0.151 e. The maximum absolute atomic E-state index is 14.7. The number of aromatic hydroxyl groups is 1. The Balaban J connectivity index is 1.29. The Morgan fingerprint density at radius 3 is 2.68 bits per heavy atom. The number of aryl methyl sites for hydroxylation is 1. The number of nitrogens with one attached hydrogen (secondary N) is 1. The lowest BCUT2D eigenvalue weighted by Gasteiger charge is -2.33. The summed E-state index contributed by atoms with van der Waals surface area (Å²) in [4.78, 5) is 6.95. The zero-order valence-electron chi connectivity index (χ0n) is 17.1. The van der Waals surface area contributed by atoms with Crippen molar-refractivity contribution in [1.82, 2.24) is 20.5 Å². The summed E-state index contributed by atoms with van der Waals surface area (Å²) in [5.41, 5.74) is 1.02. The first kappa shape index (κ1) is 20.3. The van der Waals surface area contributed by atoms with E-state index in [0.29, 0.717) is 40.6 Å². The van der Waals surface area contributed by atoms with E-state index in [1.165, 1.54) is 23.5 Å². The lowest BCUT2D eigenvalue weighted by Crippen LogP contribution is -2.48. The summed E-state index contributed by atoms with van der Waals surface area (Å²) in [5, 5.41) is 23.4. The maximum Gasteiger partial charge on any atom is 0.151 e. The first-order chi connectivity index (χ1) is 15.0. The fourth-order valence-corrected chi connectivity index (χ4v) is 5.00. The molecule has 31 heavy (non-hydrogen) atoms. The molecule has 162 valence electrons. The number of alkyl halides is 1. The van der Waals surface area contributed by atoms with Crippen LogP contribution in [-0.4, -0.2) is 51.6 Å². The third-order valence-corrected chi connectivity index (χ3v) is 6.91. The molecular weight excluding hydrogens is 420 g/mol. The van der Waals surface area contributed by atoms with Crippen LogP contribution in [0, 0.1) is 12.7 Å². The Bertz CT molecular complexity index is 1080. The van der Waals surface area contributed by atoms with Crippen LogP contribution in [0.5, 0.6) is 5.75 Å². The van der Waals surface area contributed by atoms with Crippen molar-refractivity contribution in [3.8, 4) is 27.4 Å². The fraction of sp³-hybridized carbons (Fsp3) is 0.409. The van der Waals surface area contributed by atoms with E-state index in [1.807, 2.05) is 13.0 Å². The summed E-state index contributed by atoms with van der Waals surface area (Å²) >= 11 is 1.37. The van der Waals surface area contributed by atoms with Crippen molar-refractivity contribution in [3.05, 3.63) is 41.3 Å². The number of anilines is 1. The van der Waals surface area contributed by atoms with Gasteiger partial charge >= 0.3 is 0 Å².